The molecular formula is C31H40N6OS. The minimum Gasteiger partial charge on any atom is -0.326 e. The van der Waals surface area contributed by atoms with E-state index in [1.807, 2.05) is 31.2 Å². The highest BCUT2D eigenvalue weighted by atomic mass is 32.1. The van der Waals surface area contributed by atoms with E-state index in [1.165, 1.54) is 55.4 Å². The summed E-state index contributed by atoms with van der Waals surface area (Å²) in [6, 6.07) is 14.4. The van der Waals surface area contributed by atoms with E-state index in [-0.39, 0.29) is 16.9 Å². The molecule has 8 heteroatoms. The van der Waals surface area contributed by atoms with Crippen LogP contribution in [0.2, 0.25) is 0 Å². The molecule has 0 radical (unpaired) electrons. The summed E-state index contributed by atoms with van der Waals surface area (Å²) in [6.07, 6.45) is 9.85. The molecule has 0 unspecified atom stereocenters. The first kappa shape index (κ1) is 27.3. The van der Waals surface area contributed by atoms with Gasteiger partial charge in [0.15, 0.2) is 0 Å². The SMILES string of the molecule is Cc1nc(C(=O)NC(=Nc2ccccc2C(C)(C)C)Nc2ccc3c(c2)C2(CCCCCCCC2)NN3)cs1. The number of hydrogen-bond donors (Lipinski definition) is 4. The van der Waals surface area contributed by atoms with Crippen LogP contribution >= 0.6 is 11.3 Å². The van der Waals surface area contributed by atoms with Gasteiger partial charge in [0.05, 0.1) is 21.9 Å². The molecule has 5 rings (SSSR count). The molecule has 1 aliphatic heterocycles. The van der Waals surface area contributed by atoms with Crippen molar-refractivity contribution in [3.8, 4) is 0 Å². The standard InChI is InChI=1S/C31H40N6OS/c1-21-32-27(20-39-21)28(38)35-29(34-25-14-10-9-13-23(25)30(2,3)4)33-22-15-16-26-24(19-22)31(37-36-26)17-11-7-5-6-8-12-18-31/h9-10,13-16,19-20,36-37H,5-8,11-12,17-18H2,1-4H3,(H2,33,34,35,38). The van der Waals surface area contributed by atoms with Crippen molar-refractivity contribution in [2.24, 2.45) is 4.99 Å². The van der Waals surface area contributed by atoms with Crippen LogP contribution in [-0.4, -0.2) is 16.9 Å². The number of guanidine groups is 1. The molecule has 3 aromatic rings. The van der Waals surface area contributed by atoms with Crippen molar-refractivity contribution in [2.75, 3.05) is 10.7 Å². The number of aliphatic imine (C=N–C) groups is 1. The monoisotopic (exact) mass is 544 g/mol. The summed E-state index contributed by atoms with van der Waals surface area (Å²) in [5.74, 6) is 0.0980. The Morgan fingerprint density at radius 3 is 2.44 bits per heavy atom. The van der Waals surface area contributed by atoms with Crippen molar-refractivity contribution >= 4 is 40.3 Å². The molecule has 0 bridgehead atoms. The number of aromatic nitrogens is 1. The van der Waals surface area contributed by atoms with Crippen molar-refractivity contribution in [3.63, 3.8) is 0 Å². The number of amides is 1. The number of benzene rings is 2. The van der Waals surface area contributed by atoms with Gasteiger partial charge in [0.1, 0.15) is 5.69 Å². The Hall–Kier alpha value is -3.23. The number of carbonyl (C=O) groups is 1. The second kappa shape index (κ2) is 11.5. The smallest absolute Gasteiger partial charge is 0.277 e. The van der Waals surface area contributed by atoms with Gasteiger partial charge in [-0.1, -0.05) is 77.5 Å². The van der Waals surface area contributed by atoms with Gasteiger partial charge in [0.2, 0.25) is 5.96 Å². The van der Waals surface area contributed by atoms with Gasteiger partial charge in [0, 0.05) is 16.6 Å². The van der Waals surface area contributed by atoms with Gasteiger partial charge >= 0.3 is 0 Å². The number of para-hydroxylation sites is 1. The van der Waals surface area contributed by atoms with Crippen molar-refractivity contribution in [3.05, 3.63) is 69.7 Å². The maximum atomic E-state index is 13.2. The number of hydrazine groups is 1. The zero-order valence-corrected chi connectivity index (χ0v) is 24.3. The first-order chi connectivity index (χ1) is 18.7. The normalized spacial score (nSPS) is 17.5. The van der Waals surface area contributed by atoms with E-state index in [0.717, 1.165) is 40.5 Å². The predicted molar refractivity (Wildman–Crippen MR) is 162 cm³/mol. The van der Waals surface area contributed by atoms with Crippen LogP contribution in [0.25, 0.3) is 0 Å². The number of nitrogens with one attached hydrogen (secondary N) is 4. The highest BCUT2D eigenvalue weighted by molar-refractivity contribution is 7.09. The van der Waals surface area contributed by atoms with Crippen LogP contribution in [0, 0.1) is 6.92 Å². The molecule has 2 heterocycles. The number of hydrogen-bond acceptors (Lipinski definition) is 6. The molecule has 1 aromatic heterocycles. The number of nitrogens with zero attached hydrogens (tertiary/aromatic N) is 2. The highest BCUT2D eigenvalue weighted by Gasteiger charge is 2.38. The van der Waals surface area contributed by atoms with E-state index in [1.54, 1.807) is 5.38 Å². The van der Waals surface area contributed by atoms with Crippen LogP contribution < -0.4 is 21.5 Å². The Morgan fingerprint density at radius 1 is 1.03 bits per heavy atom. The lowest BCUT2D eigenvalue weighted by Gasteiger charge is -2.30. The highest BCUT2D eigenvalue weighted by Crippen LogP contribution is 2.43. The minimum atomic E-state index is -0.281. The van der Waals surface area contributed by atoms with E-state index >= 15 is 0 Å². The molecular weight excluding hydrogens is 504 g/mol. The third-order valence-electron chi connectivity index (χ3n) is 7.72. The quantitative estimate of drug-likeness (QED) is 0.202. The lowest BCUT2D eigenvalue weighted by molar-refractivity contribution is 0.0972. The van der Waals surface area contributed by atoms with Crippen LogP contribution in [0.1, 0.15) is 98.8 Å². The molecule has 1 aliphatic carbocycles. The number of fused-ring (bicyclic) bond motifs is 2. The zero-order valence-electron chi connectivity index (χ0n) is 23.5. The number of thiazole rings is 1. The molecule has 0 saturated heterocycles. The summed E-state index contributed by atoms with van der Waals surface area (Å²) >= 11 is 1.46. The Balaban J connectivity index is 1.49. The van der Waals surface area contributed by atoms with Gasteiger partial charge in [-0.2, -0.15) is 0 Å². The van der Waals surface area contributed by atoms with E-state index in [4.69, 9.17) is 4.99 Å². The molecule has 0 atom stereocenters. The third kappa shape index (κ3) is 6.34. The second-order valence-electron chi connectivity index (χ2n) is 11.8. The summed E-state index contributed by atoms with van der Waals surface area (Å²) < 4.78 is 0. The predicted octanol–water partition coefficient (Wildman–Crippen LogP) is 7.54. The van der Waals surface area contributed by atoms with Gasteiger partial charge in [-0.25, -0.2) is 15.4 Å². The maximum absolute atomic E-state index is 13.2. The summed E-state index contributed by atoms with van der Waals surface area (Å²) in [5, 5.41) is 9.07. The topological polar surface area (TPSA) is 90.4 Å². The minimum absolute atomic E-state index is 0.0745. The Kier molecular flexibility index (Phi) is 8.05. The van der Waals surface area contributed by atoms with Gasteiger partial charge in [-0.05, 0) is 55.0 Å². The molecule has 7 nitrogen and oxygen atoms in total. The van der Waals surface area contributed by atoms with E-state index < -0.39 is 0 Å². The number of aryl methyl sites for hydroxylation is 1. The van der Waals surface area contributed by atoms with Crippen molar-refractivity contribution in [1.82, 2.24) is 15.7 Å². The first-order valence-electron chi connectivity index (χ1n) is 14.1. The molecule has 2 aliphatic rings. The summed E-state index contributed by atoms with van der Waals surface area (Å²) in [4.78, 5) is 22.5. The van der Waals surface area contributed by atoms with Crippen molar-refractivity contribution in [2.45, 2.75) is 90.0 Å². The Bertz CT molecular complexity index is 1350. The average Bonchev–Trinajstić information content (AvgIpc) is 3.52. The summed E-state index contributed by atoms with van der Waals surface area (Å²) in [5.41, 5.74) is 12.5. The number of carbonyl (C=O) groups excluding carboxylic acids is 1. The Morgan fingerprint density at radius 2 is 1.74 bits per heavy atom. The van der Waals surface area contributed by atoms with Crippen LogP contribution in [0.15, 0.2) is 52.8 Å². The maximum Gasteiger partial charge on any atom is 0.277 e. The second-order valence-corrected chi connectivity index (χ2v) is 12.8. The Labute approximate surface area is 235 Å². The molecule has 1 spiro atoms. The summed E-state index contributed by atoms with van der Waals surface area (Å²) in [6.45, 7) is 8.40. The molecule has 2 aromatic carbocycles. The fraction of sp³-hybridized carbons (Fsp3) is 0.452. The third-order valence-corrected chi connectivity index (χ3v) is 8.49. The molecule has 1 fully saturated rings. The molecule has 1 amide bonds. The van der Waals surface area contributed by atoms with Crippen LogP contribution in [-0.2, 0) is 11.0 Å². The zero-order chi connectivity index (χ0) is 27.5. The van der Waals surface area contributed by atoms with Crippen LogP contribution in [0.5, 0.6) is 0 Å². The molecule has 206 valence electrons. The van der Waals surface area contributed by atoms with Gasteiger partial charge < -0.3 is 10.7 Å². The average molecular weight is 545 g/mol. The number of anilines is 2. The lowest BCUT2D eigenvalue weighted by atomic mass is 9.82. The van der Waals surface area contributed by atoms with E-state index in [9.17, 15) is 4.79 Å². The van der Waals surface area contributed by atoms with Gasteiger partial charge in [-0.15, -0.1) is 11.3 Å². The largest absolute Gasteiger partial charge is 0.326 e. The van der Waals surface area contributed by atoms with Crippen molar-refractivity contribution < 1.29 is 4.79 Å². The summed E-state index contributed by atoms with van der Waals surface area (Å²) in [7, 11) is 0. The fourth-order valence-electron chi connectivity index (χ4n) is 5.65. The lowest BCUT2D eigenvalue weighted by Crippen LogP contribution is -2.39. The molecule has 4 N–H and O–H groups in total. The van der Waals surface area contributed by atoms with Crippen molar-refractivity contribution in [1.29, 1.82) is 0 Å². The van der Waals surface area contributed by atoms with E-state index in [2.05, 4.69) is 65.4 Å². The molecule has 39 heavy (non-hydrogen) atoms. The number of rotatable bonds is 3. The first-order valence-corrected chi connectivity index (χ1v) is 15.0. The van der Waals surface area contributed by atoms with Crippen LogP contribution in [0.3, 0.4) is 0 Å². The van der Waals surface area contributed by atoms with Gasteiger partial charge in [0.25, 0.3) is 5.91 Å². The van der Waals surface area contributed by atoms with Crippen LogP contribution in [0.4, 0.5) is 17.1 Å². The molecule has 1 saturated carbocycles. The van der Waals surface area contributed by atoms with E-state index in [0.29, 0.717) is 11.7 Å². The van der Waals surface area contributed by atoms with Gasteiger partial charge in [-0.3, -0.25) is 10.1 Å². The fourth-order valence-corrected chi connectivity index (χ4v) is 6.24.